The number of hydrogen-bond donors (Lipinski definition) is 1. The third kappa shape index (κ3) is 2.95. The highest BCUT2D eigenvalue weighted by Gasteiger charge is 2.31. The van der Waals surface area contributed by atoms with Crippen molar-refractivity contribution >= 4 is 5.91 Å². The van der Waals surface area contributed by atoms with E-state index >= 15 is 0 Å². The second-order valence-corrected chi connectivity index (χ2v) is 4.51. The number of carbonyl (C=O) groups excluding carboxylic acids is 1. The van der Waals surface area contributed by atoms with Crippen LogP contribution in [0.25, 0.3) is 0 Å². The van der Waals surface area contributed by atoms with Crippen LogP contribution in [0.1, 0.15) is 26.2 Å². The van der Waals surface area contributed by atoms with Crippen LogP contribution >= 0.6 is 0 Å². The number of nitrogens with zero attached hydrogens (tertiary/aromatic N) is 1. The molecule has 3 heteroatoms. The van der Waals surface area contributed by atoms with E-state index in [-0.39, 0.29) is 24.5 Å². The molecular weight excluding hydrogens is 202 g/mol. The molecule has 1 aliphatic heterocycles. The van der Waals surface area contributed by atoms with Crippen molar-refractivity contribution in [2.24, 2.45) is 5.92 Å². The van der Waals surface area contributed by atoms with E-state index in [1.54, 1.807) is 11.0 Å². The van der Waals surface area contributed by atoms with Gasteiger partial charge in [-0.15, -0.1) is 13.2 Å². The van der Waals surface area contributed by atoms with E-state index in [2.05, 4.69) is 13.2 Å². The molecule has 1 N–H and O–H groups in total. The van der Waals surface area contributed by atoms with Crippen molar-refractivity contribution in [3.8, 4) is 0 Å². The molecule has 0 bridgehead atoms. The molecule has 1 heterocycles. The Labute approximate surface area is 97.4 Å². The van der Waals surface area contributed by atoms with Crippen LogP contribution in [0.5, 0.6) is 0 Å². The molecule has 0 aliphatic carbocycles. The predicted molar refractivity (Wildman–Crippen MR) is 64.9 cm³/mol. The van der Waals surface area contributed by atoms with E-state index in [0.717, 1.165) is 25.0 Å². The van der Waals surface area contributed by atoms with Crippen LogP contribution in [0.3, 0.4) is 0 Å². The van der Waals surface area contributed by atoms with Gasteiger partial charge < -0.3 is 10.0 Å². The molecule has 0 spiro atoms. The van der Waals surface area contributed by atoms with Crippen LogP contribution in [0, 0.1) is 5.92 Å². The molecule has 1 amide bonds. The Kier molecular flexibility index (Phi) is 4.74. The van der Waals surface area contributed by atoms with Crippen LogP contribution in [0.15, 0.2) is 24.8 Å². The standard InChI is InChI=1S/C13H21NO2/c1-4-11(8-10(2)3)13(16)14-7-5-6-12(14)9-15/h4,11-12,15H,1-2,5-9H2,3H3/t11-,12-/m0/s1. The molecule has 0 saturated carbocycles. The number of amides is 1. The van der Waals surface area contributed by atoms with Crippen LogP contribution in [0.2, 0.25) is 0 Å². The van der Waals surface area contributed by atoms with E-state index in [1.165, 1.54) is 0 Å². The molecule has 0 aromatic rings. The number of carbonyl (C=O) groups is 1. The summed E-state index contributed by atoms with van der Waals surface area (Å²) in [4.78, 5) is 14.0. The lowest BCUT2D eigenvalue weighted by Crippen LogP contribution is -2.40. The number of aliphatic hydroxyl groups is 1. The maximum absolute atomic E-state index is 12.2. The van der Waals surface area contributed by atoms with Crippen molar-refractivity contribution in [3.63, 3.8) is 0 Å². The summed E-state index contributed by atoms with van der Waals surface area (Å²) in [5, 5.41) is 9.18. The summed E-state index contributed by atoms with van der Waals surface area (Å²) in [6.45, 7) is 10.3. The fourth-order valence-corrected chi connectivity index (χ4v) is 2.18. The Hall–Kier alpha value is -1.09. The molecular formula is C13H21NO2. The Morgan fingerprint density at radius 3 is 2.88 bits per heavy atom. The fourth-order valence-electron chi connectivity index (χ4n) is 2.18. The van der Waals surface area contributed by atoms with E-state index in [0.29, 0.717) is 6.42 Å². The Balaban J connectivity index is 2.66. The van der Waals surface area contributed by atoms with Crippen molar-refractivity contribution in [2.45, 2.75) is 32.2 Å². The highest BCUT2D eigenvalue weighted by atomic mass is 16.3. The molecule has 0 aromatic heterocycles. The van der Waals surface area contributed by atoms with Crippen LogP contribution < -0.4 is 0 Å². The second-order valence-electron chi connectivity index (χ2n) is 4.51. The number of likely N-dealkylation sites (tertiary alicyclic amines) is 1. The normalized spacial score (nSPS) is 21.9. The van der Waals surface area contributed by atoms with Gasteiger partial charge in [0.05, 0.1) is 18.6 Å². The Morgan fingerprint density at radius 1 is 1.69 bits per heavy atom. The number of rotatable bonds is 5. The average molecular weight is 223 g/mol. The fraction of sp³-hybridized carbons (Fsp3) is 0.615. The van der Waals surface area contributed by atoms with E-state index in [9.17, 15) is 9.90 Å². The minimum atomic E-state index is -0.190. The smallest absolute Gasteiger partial charge is 0.230 e. The number of allylic oxidation sites excluding steroid dienone is 1. The molecule has 1 fully saturated rings. The maximum Gasteiger partial charge on any atom is 0.230 e. The third-order valence-electron chi connectivity index (χ3n) is 3.04. The molecule has 16 heavy (non-hydrogen) atoms. The zero-order valence-electron chi connectivity index (χ0n) is 9.98. The van der Waals surface area contributed by atoms with Crippen LogP contribution in [-0.4, -0.2) is 35.1 Å². The van der Waals surface area contributed by atoms with Crippen molar-refractivity contribution in [1.82, 2.24) is 4.90 Å². The van der Waals surface area contributed by atoms with Gasteiger partial charge in [-0.3, -0.25) is 4.79 Å². The molecule has 0 radical (unpaired) electrons. The summed E-state index contributed by atoms with van der Waals surface area (Å²) >= 11 is 0. The lowest BCUT2D eigenvalue weighted by molar-refractivity contribution is -0.135. The number of hydrogen-bond acceptors (Lipinski definition) is 2. The average Bonchev–Trinajstić information content (AvgIpc) is 2.72. The lowest BCUT2D eigenvalue weighted by Gasteiger charge is -2.26. The van der Waals surface area contributed by atoms with Gasteiger partial charge in [0.2, 0.25) is 5.91 Å². The van der Waals surface area contributed by atoms with Crippen LogP contribution in [-0.2, 0) is 4.79 Å². The van der Waals surface area contributed by atoms with Gasteiger partial charge in [-0.2, -0.15) is 0 Å². The summed E-state index contributed by atoms with van der Waals surface area (Å²) < 4.78 is 0. The summed E-state index contributed by atoms with van der Waals surface area (Å²) in [5.41, 5.74) is 0.984. The van der Waals surface area contributed by atoms with Crippen molar-refractivity contribution in [3.05, 3.63) is 24.8 Å². The predicted octanol–water partition coefficient (Wildman–Crippen LogP) is 1.74. The molecule has 90 valence electrons. The van der Waals surface area contributed by atoms with E-state index in [1.807, 2.05) is 6.92 Å². The van der Waals surface area contributed by atoms with Gasteiger partial charge in [-0.05, 0) is 26.2 Å². The van der Waals surface area contributed by atoms with Gasteiger partial charge in [0, 0.05) is 6.54 Å². The monoisotopic (exact) mass is 223 g/mol. The van der Waals surface area contributed by atoms with Crippen LogP contribution in [0.4, 0.5) is 0 Å². The van der Waals surface area contributed by atoms with Gasteiger partial charge in [0.15, 0.2) is 0 Å². The van der Waals surface area contributed by atoms with Gasteiger partial charge in [0.25, 0.3) is 0 Å². The molecule has 1 saturated heterocycles. The number of aliphatic hydroxyl groups excluding tert-OH is 1. The molecule has 1 rings (SSSR count). The zero-order valence-corrected chi connectivity index (χ0v) is 9.98. The molecule has 0 aromatic carbocycles. The first kappa shape index (κ1) is 13.0. The summed E-state index contributed by atoms with van der Waals surface area (Å²) in [5.74, 6) is -0.112. The highest BCUT2D eigenvalue weighted by molar-refractivity contribution is 5.81. The van der Waals surface area contributed by atoms with Gasteiger partial charge >= 0.3 is 0 Å². The van der Waals surface area contributed by atoms with Crippen molar-refractivity contribution < 1.29 is 9.90 Å². The minimum absolute atomic E-state index is 0.0000661. The third-order valence-corrected chi connectivity index (χ3v) is 3.04. The Bertz CT molecular complexity index is 286. The lowest BCUT2D eigenvalue weighted by atomic mass is 9.99. The van der Waals surface area contributed by atoms with E-state index < -0.39 is 0 Å². The summed E-state index contributed by atoms with van der Waals surface area (Å²) in [6.07, 6.45) is 4.22. The first-order chi connectivity index (χ1) is 7.60. The second kappa shape index (κ2) is 5.85. The minimum Gasteiger partial charge on any atom is -0.394 e. The zero-order chi connectivity index (χ0) is 12.1. The largest absolute Gasteiger partial charge is 0.394 e. The molecule has 1 aliphatic rings. The maximum atomic E-state index is 12.2. The Morgan fingerprint density at radius 2 is 2.38 bits per heavy atom. The quantitative estimate of drug-likeness (QED) is 0.721. The van der Waals surface area contributed by atoms with Crippen molar-refractivity contribution in [2.75, 3.05) is 13.2 Å². The topological polar surface area (TPSA) is 40.5 Å². The SMILES string of the molecule is C=C[C@@H](CC(=C)C)C(=O)N1CCC[C@H]1CO. The van der Waals surface area contributed by atoms with Gasteiger partial charge in [-0.25, -0.2) is 0 Å². The molecule has 2 atom stereocenters. The summed E-state index contributed by atoms with van der Waals surface area (Å²) in [6, 6.07) is 0.0000661. The van der Waals surface area contributed by atoms with Gasteiger partial charge in [0.1, 0.15) is 0 Å². The van der Waals surface area contributed by atoms with Crippen molar-refractivity contribution in [1.29, 1.82) is 0 Å². The first-order valence-corrected chi connectivity index (χ1v) is 5.78. The summed E-state index contributed by atoms with van der Waals surface area (Å²) in [7, 11) is 0. The van der Waals surface area contributed by atoms with Gasteiger partial charge in [-0.1, -0.05) is 11.6 Å². The first-order valence-electron chi connectivity index (χ1n) is 5.78. The molecule has 0 unspecified atom stereocenters. The van der Waals surface area contributed by atoms with E-state index in [4.69, 9.17) is 0 Å². The highest BCUT2D eigenvalue weighted by Crippen LogP contribution is 2.22. The molecule has 3 nitrogen and oxygen atoms in total.